The molecule has 21 heavy (non-hydrogen) atoms. The lowest BCUT2D eigenvalue weighted by Crippen LogP contribution is -2.51. The Kier molecular flexibility index (Phi) is 5.53. The van der Waals surface area contributed by atoms with Crippen molar-refractivity contribution in [3.05, 3.63) is 23.6 Å². The second-order valence-corrected chi connectivity index (χ2v) is 6.13. The molecule has 1 aromatic heterocycles. The highest BCUT2D eigenvalue weighted by atomic mass is 19.1. The van der Waals surface area contributed by atoms with Gasteiger partial charge in [0, 0.05) is 50.0 Å². The standard InChI is InChI=1S/C16H27FN4/c1-5-14-11-21(9-8-20(14)4)16-15(17)13(6-7-18-16)10-19-12(2)3/h6-7,12,14,19H,5,8-11H2,1-4H3. The van der Waals surface area contributed by atoms with E-state index in [9.17, 15) is 4.39 Å². The topological polar surface area (TPSA) is 31.4 Å². The molecule has 1 unspecified atom stereocenters. The van der Waals surface area contributed by atoms with Gasteiger partial charge in [0.15, 0.2) is 11.6 Å². The van der Waals surface area contributed by atoms with Crippen molar-refractivity contribution in [3.63, 3.8) is 0 Å². The van der Waals surface area contributed by atoms with Crippen molar-refractivity contribution in [1.29, 1.82) is 0 Å². The molecule has 1 atom stereocenters. The summed E-state index contributed by atoms with van der Waals surface area (Å²) in [4.78, 5) is 8.72. The quantitative estimate of drug-likeness (QED) is 0.902. The normalized spacial score (nSPS) is 20.3. The number of nitrogens with one attached hydrogen (secondary N) is 1. The van der Waals surface area contributed by atoms with E-state index in [1.54, 1.807) is 12.3 Å². The number of hydrogen-bond acceptors (Lipinski definition) is 4. The van der Waals surface area contributed by atoms with Crippen LogP contribution in [0, 0.1) is 5.82 Å². The maximum absolute atomic E-state index is 14.7. The van der Waals surface area contributed by atoms with E-state index in [2.05, 4.69) is 47.9 Å². The molecule has 0 radical (unpaired) electrons. The monoisotopic (exact) mass is 294 g/mol. The van der Waals surface area contributed by atoms with Crippen LogP contribution in [0.25, 0.3) is 0 Å². The summed E-state index contributed by atoms with van der Waals surface area (Å²) in [6.07, 6.45) is 2.79. The summed E-state index contributed by atoms with van der Waals surface area (Å²) in [5, 5.41) is 3.27. The average molecular weight is 294 g/mol. The second kappa shape index (κ2) is 7.18. The van der Waals surface area contributed by atoms with Crippen molar-refractivity contribution < 1.29 is 4.39 Å². The predicted molar refractivity (Wildman–Crippen MR) is 85.1 cm³/mol. The van der Waals surface area contributed by atoms with Crippen LogP contribution in [0.1, 0.15) is 32.8 Å². The van der Waals surface area contributed by atoms with Crippen molar-refractivity contribution >= 4 is 5.82 Å². The molecule has 0 amide bonds. The minimum Gasteiger partial charge on any atom is -0.351 e. The first-order valence-electron chi connectivity index (χ1n) is 7.84. The van der Waals surface area contributed by atoms with Crippen molar-refractivity contribution in [1.82, 2.24) is 15.2 Å². The lowest BCUT2D eigenvalue weighted by molar-refractivity contribution is 0.212. The maximum atomic E-state index is 14.7. The van der Waals surface area contributed by atoms with Gasteiger partial charge in [-0.15, -0.1) is 0 Å². The summed E-state index contributed by atoms with van der Waals surface area (Å²) in [5.41, 5.74) is 0.695. The fraction of sp³-hybridized carbons (Fsp3) is 0.688. The second-order valence-electron chi connectivity index (χ2n) is 6.13. The number of likely N-dealkylation sites (N-methyl/N-ethyl adjacent to an activating group) is 1. The van der Waals surface area contributed by atoms with Crippen LogP contribution in [-0.2, 0) is 6.54 Å². The van der Waals surface area contributed by atoms with Crippen LogP contribution in [0.4, 0.5) is 10.2 Å². The molecule has 2 rings (SSSR count). The molecule has 1 aliphatic rings. The number of pyridine rings is 1. The van der Waals surface area contributed by atoms with Crippen molar-refractivity contribution in [2.24, 2.45) is 0 Å². The van der Waals surface area contributed by atoms with E-state index in [-0.39, 0.29) is 5.82 Å². The molecule has 118 valence electrons. The van der Waals surface area contributed by atoms with E-state index in [1.807, 2.05) is 0 Å². The summed E-state index contributed by atoms with van der Waals surface area (Å²) < 4.78 is 14.7. The SMILES string of the molecule is CCC1CN(c2nccc(CNC(C)C)c2F)CCN1C. The predicted octanol–water partition coefficient (Wildman–Crippen LogP) is 2.25. The van der Waals surface area contributed by atoms with Crippen LogP contribution >= 0.6 is 0 Å². The largest absolute Gasteiger partial charge is 0.351 e. The Morgan fingerprint density at radius 1 is 1.43 bits per heavy atom. The van der Waals surface area contributed by atoms with Gasteiger partial charge in [-0.25, -0.2) is 9.37 Å². The van der Waals surface area contributed by atoms with Crippen molar-refractivity contribution in [2.45, 2.75) is 45.8 Å². The fourth-order valence-corrected chi connectivity index (χ4v) is 2.72. The third kappa shape index (κ3) is 3.92. The van der Waals surface area contributed by atoms with Gasteiger partial charge >= 0.3 is 0 Å². The molecular formula is C16H27FN4. The van der Waals surface area contributed by atoms with E-state index in [1.165, 1.54) is 0 Å². The molecule has 1 saturated heterocycles. The molecular weight excluding hydrogens is 267 g/mol. The van der Waals surface area contributed by atoms with E-state index < -0.39 is 0 Å². The first kappa shape index (κ1) is 16.2. The highest BCUT2D eigenvalue weighted by molar-refractivity contribution is 5.44. The Labute approximate surface area is 127 Å². The van der Waals surface area contributed by atoms with E-state index in [0.29, 0.717) is 30.0 Å². The van der Waals surface area contributed by atoms with Crippen LogP contribution in [0.2, 0.25) is 0 Å². The van der Waals surface area contributed by atoms with Crippen molar-refractivity contribution in [3.8, 4) is 0 Å². The average Bonchev–Trinajstić information content (AvgIpc) is 2.47. The minimum absolute atomic E-state index is 0.176. The summed E-state index contributed by atoms with van der Waals surface area (Å²) in [5.74, 6) is 0.328. The highest BCUT2D eigenvalue weighted by Crippen LogP contribution is 2.23. The lowest BCUT2D eigenvalue weighted by atomic mass is 10.1. The smallest absolute Gasteiger partial charge is 0.170 e. The van der Waals surface area contributed by atoms with Crippen LogP contribution in [0.5, 0.6) is 0 Å². The molecule has 1 fully saturated rings. The Morgan fingerprint density at radius 2 is 2.19 bits per heavy atom. The summed E-state index contributed by atoms with van der Waals surface area (Å²) in [7, 11) is 2.14. The van der Waals surface area contributed by atoms with Gasteiger partial charge in [-0.1, -0.05) is 20.8 Å². The summed E-state index contributed by atoms with van der Waals surface area (Å²) in [6, 6.07) is 2.58. The molecule has 4 nitrogen and oxygen atoms in total. The van der Waals surface area contributed by atoms with E-state index in [0.717, 1.165) is 26.1 Å². The van der Waals surface area contributed by atoms with Gasteiger partial charge in [-0.2, -0.15) is 0 Å². The molecule has 0 spiro atoms. The molecule has 5 heteroatoms. The van der Waals surface area contributed by atoms with Crippen LogP contribution in [-0.4, -0.2) is 48.6 Å². The van der Waals surface area contributed by atoms with Gasteiger partial charge in [0.25, 0.3) is 0 Å². The van der Waals surface area contributed by atoms with Crippen LogP contribution in [0.15, 0.2) is 12.3 Å². The number of piperazine rings is 1. The minimum atomic E-state index is -0.176. The number of halogens is 1. The Morgan fingerprint density at radius 3 is 2.86 bits per heavy atom. The third-order valence-electron chi connectivity index (χ3n) is 4.20. The Balaban J connectivity index is 2.14. The number of anilines is 1. The van der Waals surface area contributed by atoms with Crippen LogP contribution in [0.3, 0.4) is 0 Å². The van der Waals surface area contributed by atoms with Crippen LogP contribution < -0.4 is 10.2 Å². The molecule has 0 aromatic carbocycles. The first-order chi connectivity index (χ1) is 10.0. The molecule has 0 saturated carbocycles. The molecule has 1 N–H and O–H groups in total. The van der Waals surface area contributed by atoms with Gasteiger partial charge in [-0.3, -0.25) is 4.90 Å². The number of nitrogens with zero attached hydrogens (tertiary/aromatic N) is 3. The Bertz CT molecular complexity index is 464. The van der Waals surface area contributed by atoms with E-state index in [4.69, 9.17) is 0 Å². The highest BCUT2D eigenvalue weighted by Gasteiger charge is 2.26. The maximum Gasteiger partial charge on any atom is 0.170 e. The van der Waals surface area contributed by atoms with Gasteiger partial charge in [0.1, 0.15) is 0 Å². The number of aromatic nitrogens is 1. The van der Waals surface area contributed by atoms with Gasteiger partial charge < -0.3 is 10.2 Å². The molecule has 1 aromatic rings. The fourth-order valence-electron chi connectivity index (χ4n) is 2.72. The zero-order chi connectivity index (χ0) is 15.4. The summed E-state index contributed by atoms with van der Waals surface area (Å²) >= 11 is 0. The molecule has 2 heterocycles. The summed E-state index contributed by atoms with van der Waals surface area (Å²) in [6.45, 7) is 9.48. The van der Waals surface area contributed by atoms with Gasteiger partial charge in [0.2, 0.25) is 0 Å². The lowest BCUT2D eigenvalue weighted by Gasteiger charge is -2.39. The number of hydrogen-bond donors (Lipinski definition) is 1. The molecule has 1 aliphatic heterocycles. The number of rotatable bonds is 5. The zero-order valence-corrected chi connectivity index (χ0v) is 13.6. The first-order valence-corrected chi connectivity index (χ1v) is 7.84. The van der Waals surface area contributed by atoms with Gasteiger partial charge in [-0.05, 0) is 19.5 Å². The van der Waals surface area contributed by atoms with Crippen molar-refractivity contribution in [2.75, 3.05) is 31.6 Å². The Hall–Kier alpha value is -1.20. The molecule has 0 aliphatic carbocycles. The third-order valence-corrected chi connectivity index (χ3v) is 4.20. The van der Waals surface area contributed by atoms with Gasteiger partial charge in [0.05, 0.1) is 0 Å². The zero-order valence-electron chi connectivity index (χ0n) is 13.6. The van der Waals surface area contributed by atoms with E-state index >= 15 is 0 Å². The molecule has 0 bridgehead atoms.